The Morgan fingerprint density at radius 3 is 2.25 bits per heavy atom. The van der Waals surface area contributed by atoms with Crippen LogP contribution in [-0.4, -0.2) is 50.3 Å². The minimum absolute atomic E-state index is 0.0678. The van der Waals surface area contributed by atoms with Gasteiger partial charge in [0.25, 0.3) is 0 Å². The van der Waals surface area contributed by atoms with Gasteiger partial charge in [0.1, 0.15) is 0 Å². The van der Waals surface area contributed by atoms with Crippen molar-refractivity contribution in [1.82, 2.24) is 4.90 Å². The Bertz CT molecular complexity index is 426. The Morgan fingerprint density at radius 2 is 1.80 bits per heavy atom. The number of nitrogens with one attached hydrogen (secondary N) is 1. The van der Waals surface area contributed by atoms with E-state index in [4.69, 9.17) is 20.6 Å². The molecule has 1 fully saturated rings. The fourth-order valence-electron chi connectivity index (χ4n) is 2.82. The number of ether oxygens (including phenoxy) is 2. The second kappa shape index (κ2) is 6.83. The molecule has 0 amide bonds. The molecular formula is C15H23N3O2. The number of amidine groups is 1. The zero-order valence-electron chi connectivity index (χ0n) is 12.1. The first-order valence-electron chi connectivity index (χ1n) is 6.83. The number of hydrogen-bond donors (Lipinski definition) is 2. The third-order valence-corrected chi connectivity index (χ3v) is 3.89. The number of rotatable bonds is 6. The van der Waals surface area contributed by atoms with Crippen LogP contribution in [0.2, 0.25) is 0 Å². The van der Waals surface area contributed by atoms with Gasteiger partial charge >= 0.3 is 0 Å². The fraction of sp³-hybridized carbons (Fsp3) is 0.533. The van der Waals surface area contributed by atoms with Crippen LogP contribution >= 0.6 is 0 Å². The summed E-state index contributed by atoms with van der Waals surface area (Å²) in [5, 5.41) is 7.62. The Balaban J connectivity index is 2.18. The largest absolute Gasteiger partial charge is 0.388 e. The topological polar surface area (TPSA) is 71.6 Å². The van der Waals surface area contributed by atoms with E-state index < -0.39 is 0 Å². The maximum atomic E-state index is 7.62. The molecule has 3 unspecified atom stereocenters. The van der Waals surface area contributed by atoms with Crippen LogP contribution in [0.1, 0.15) is 18.0 Å². The molecule has 0 aromatic heterocycles. The van der Waals surface area contributed by atoms with Gasteiger partial charge in [-0.15, -0.1) is 0 Å². The third-order valence-electron chi connectivity index (χ3n) is 3.89. The molecule has 5 nitrogen and oxygen atoms in total. The van der Waals surface area contributed by atoms with Crippen LogP contribution in [0.25, 0.3) is 0 Å². The highest BCUT2D eigenvalue weighted by Gasteiger charge is 2.37. The molecule has 0 spiro atoms. The zero-order chi connectivity index (χ0) is 14.5. The Hall–Kier alpha value is -1.43. The van der Waals surface area contributed by atoms with Gasteiger partial charge in [-0.05, 0) is 5.56 Å². The lowest BCUT2D eigenvalue weighted by Crippen LogP contribution is -2.31. The minimum atomic E-state index is 0.0678. The molecule has 3 atom stereocenters. The summed E-state index contributed by atoms with van der Waals surface area (Å²) in [7, 11) is 3.42. The molecule has 1 aromatic rings. The molecule has 0 bridgehead atoms. The molecule has 0 radical (unpaired) electrons. The predicted octanol–water partition coefficient (Wildman–Crippen LogP) is 1.40. The van der Waals surface area contributed by atoms with Gasteiger partial charge in [0.05, 0.1) is 18.0 Å². The van der Waals surface area contributed by atoms with Crippen molar-refractivity contribution < 1.29 is 9.47 Å². The van der Waals surface area contributed by atoms with E-state index >= 15 is 0 Å². The summed E-state index contributed by atoms with van der Waals surface area (Å²) in [6.07, 6.45) is 0.660. The predicted molar refractivity (Wildman–Crippen MR) is 78.9 cm³/mol. The Kier molecular flexibility index (Phi) is 5.11. The fourth-order valence-corrected chi connectivity index (χ4v) is 2.82. The van der Waals surface area contributed by atoms with Crippen LogP contribution in [0.4, 0.5) is 0 Å². The van der Waals surface area contributed by atoms with Gasteiger partial charge in [-0.25, -0.2) is 0 Å². The van der Waals surface area contributed by atoms with E-state index in [0.717, 1.165) is 13.1 Å². The van der Waals surface area contributed by atoms with Crippen LogP contribution < -0.4 is 5.73 Å². The molecule has 3 N–H and O–H groups in total. The lowest BCUT2D eigenvalue weighted by molar-refractivity contribution is -0.00461. The molecule has 0 saturated carbocycles. The molecule has 1 aromatic carbocycles. The molecule has 2 rings (SSSR count). The summed E-state index contributed by atoms with van der Waals surface area (Å²) >= 11 is 0. The van der Waals surface area contributed by atoms with Crippen LogP contribution in [0.15, 0.2) is 30.3 Å². The van der Waals surface area contributed by atoms with E-state index in [0.29, 0.717) is 6.42 Å². The summed E-state index contributed by atoms with van der Waals surface area (Å²) in [5.74, 6) is 0.202. The number of benzene rings is 1. The first-order chi connectivity index (χ1) is 9.65. The van der Waals surface area contributed by atoms with Crippen LogP contribution in [0, 0.1) is 5.41 Å². The Labute approximate surface area is 120 Å². The van der Waals surface area contributed by atoms with Crippen molar-refractivity contribution in [2.24, 2.45) is 5.73 Å². The molecule has 1 heterocycles. The summed E-state index contributed by atoms with van der Waals surface area (Å²) < 4.78 is 11.0. The summed E-state index contributed by atoms with van der Waals surface area (Å²) in [6, 6.07) is 10.3. The maximum Gasteiger partial charge on any atom is 0.0972 e. The van der Waals surface area contributed by atoms with E-state index in [9.17, 15) is 0 Å². The third kappa shape index (κ3) is 3.36. The maximum absolute atomic E-state index is 7.62. The van der Waals surface area contributed by atoms with Crippen LogP contribution in [0.5, 0.6) is 0 Å². The quantitative estimate of drug-likeness (QED) is 0.609. The van der Waals surface area contributed by atoms with E-state index in [2.05, 4.69) is 17.0 Å². The highest BCUT2D eigenvalue weighted by Crippen LogP contribution is 2.29. The number of hydrogen-bond acceptors (Lipinski definition) is 4. The monoisotopic (exact) mass is 277 g/mol. The van der Waals surface area contributed by atoms with Crippen LogP contribution in [0.3, 0.4) is 0 Å². The van der Waals surface area contributed by atoms with Gasteiger partial charge < -0.3 is 15.2 Å². The molecule has 5 heteroatoms. The summed E-state index contributed by atoms with van der Waals surface area (Å²) in [5.41, 5.74) is 6.80. The minimum Gasteiger partial charge on any atom is -0.388 e. The lowest BCUT2D eigenvalue weighted by atomic mass is 10.0. The standard InChI is InChI=1S/C15H23N3O2/c1-19-13-9-18(10-14(13)20-2)12(8-15(16)17)11-6-4-3-5-7-11/h3-7,12-14H,8-10H2,1-2H3,(H3,16,17). The second-order valence-corrected chi connectivity index (χ2v) is 5.16. The first-order valence-corrected chi connectivity index (χ1v) is 6.83. The van der Waals surface area contributed by atoms with Crippen molar-refractivity contribution in [2.45, 2.75) is 24.7 Å². The van der Waals surface area contributed by atoms with Gasteiger partial charge in [0.2, 0.25) is 0 Å². The van der Waals surface area contributed by atoms with Gasteiger partial charge in [-0.2, -0.15) is 0 Å². The molecule has 1 aliphatic heterocycles. The Morgan fingerprint density at radius 1 is 1.25 bits per heavy atom. The van der Waals surface area contributed by atoms with Crippen molar-refractivity contribution in [3.05, 3.63) is 35.9 Å². The highest BCUT2D eigenvalue weighted by molar-refractivity contribution is 5.77. The van der Waals surface area contributed by atoms with E-state index in [1.54, 1.807) is 14.2 Å². The van der Waals surface area contributed by atoms with Crippen LogP contribution in [-0.2, 0) is 9.47 Å². The number of likely N-dealkylation sites (tertiary alicyclic amines) is 1. The molecular weight excluding hydrogens is 254 g/mol. The van der Waals surface area contributed by atoms with Gasteiger partial charge in [-0.1, -0.05) is 30.3 Å². The van der Waals surface area contributed by atoms with Crippen molar-refractivity contribution in [3.63, 3.8) is 0 Å². The zero-order valence-corrected chi connectivity index (χ0v) is 12.1. The van der Waals surface area contributed by atoms with Crippen molar-refractivity contribution in [3.8, 4) is 0 Å². The van der Waals surface area contributed by atoms with Crippen molar-refractivity contribution in [1.29, 1.82) is 5.41 Å². The first kappa shape index (κ1) is 15.0. The number of nitrogens with two attached hydrogens (primary N) is 1. The highest BCUT2D eigenvalue weighted by atomic mass is 16.5. The van der Waals surface area contributed by atoms with Gasteiger partial charge in [0.15, 0.2) is 0 Å². The molecule has 110 valence electrons. The average molecular weight is 277 g/mol. The lowest BCUT2D eigenvalue weighted by Gasteiger charge is -2.27. The second-order valence-electron chi connectivity index (χ2n) is 5.16. The van der Waals surface area contributed by atoms with Crippen molar-refractivity contribution in [2.75, 3.05) is 27.3 Å². The molecule has 20 heavy (non-hydrogen) atoms. The molecule has 1 saturated heterocycles. The van der Waals surface area contributed by atoms with E-state index in [1.807, 2.05) is 18.2 Å². The van der Waals surface area contributed by atoms with E-state index in [-0.39, 0.29) is 24.1 Å². The van der Waals surface area contributed by atoms with Crippen molar-refractivity contribution >= 4 is 5.84 Å². The normalized spacial score (nSPS) is 24.7. The number of nitrogens with zero attached hydrogens (tertiary/aromatic N) is 1. The number of methoxy groups -OCH3 is 2. The molecule has 1 aliphatic rings. The smallest absolute Gasteiger partial charge is 0.0972 e. The molecule has 0 aliphatic carbocycles. The SMILES string of the molecule is COC1CN(C(CC(=N)N)c2ccccc2)CC1OC. The van der Waals surface area contributed by atoms with Gasteiger partial charge in [0, 0.05) is 39.8 Å². The van der Waals surface area contributed by atoms with E-state index in [1.165, 1.54) is 5.56 Å². The average Bonchev–Trinajstić information content (AvgIpc) is 2.88. The van der Waals surface area contributed by atoms with Gasteiger partial charge in [-0.3, -0.25) is 10.3 Å². The summed E-state index contributed by atoms with van der Waals surface area (Å²) in [6.45, 7) is 1.59. The summed E-state index contributed by atoms with van der Waals surface area (Å²) in [4.78, 5) is 2.29.